The Morgan fingerprint density at radius 2 is 1.79 bits per heavy atom. The minimum Gasteiger partial charge on any atom is -0.461 e. The van der Waals surface area contributed by atoms with Gasteiger partial charge in [-0.05, 0) is 70.3 Å². The summed E-state index contributed by atoms with van der Waals surface area (Å²) in [5, 5.41) is 2.03. The number of ether oxygens (including phenoxy) is 2. The number of hydrogen-bond acceptors (Lipinski definition) is 9. The minimum atomic E-state index is -1.12. The van der Waals surface area contributed by atoms with Crippen LogP contribution < -0.4 is 11.1 Å². The summed E-state index contributed by atoms with van der Waals surface area (Å²) >= 11 is 0.742. The molecule has 1 saturated carbocycles. The van der Waals surface area contributed by atoms with E-state index in [1.807, 2.05) is 0 Å². The summed E-state index contributed by atoms with van der Waals surface area (Å²) in [6.45, 7) is 4.52. The standard InChI is InChI=1S/C24H29NO8S/c1-15-18(33-22(28)31-15)14-30-23(29)34-24(2,3)19(21(27)32-17-12-8-5-9-13-17)25-20(26)16-10-6-4-7-11-16/h4,6-7,10-11,17,19H,5,8-9,12-14H2,1-3H3,(H,25,26)/t19-/m0/s1. The van der Waals surface area contributed by atoms with Gasteiger partial charge in [0.25, 0.3) is 5.91 Å². The molecule has 1 N–H and O–H groups in total. The molecule has 1 amide bonds. The quantitative estimate of drug-likeness (QED) is 0.536. The summed E-state index contributed by atoms with van der Waals surface area (Å²) in [5.41, 5.74) is 0.381. The van der Waals surface area contributed by atoms with Crippen LogP contribution in [0.4, 0.5) is 4.79 Å². The third kappa shape index (κ3) is 6.99. The summed E-state index contributed by atoms with van der Waals surface area (Å²) in [6.07, 6.45) is 4.40. The third-order valence-electron chi connectivity index (χ3n) is 5.58. The summed E-state index contributed by atoms with van der Waals surface area (Å²) in [4.78, 5) is 49.7. The van der Waals surface area contributed by atoms with Gasteiger partial charge in [-0.25, -0.2) is 14.4 Å². The molecular formula is C24H29NO8S. The lowest BCUT2D eigenvalue weighted by Crippen LogP contribution is -2.54. The Morgan fingerprint density at radius 3 is 2.41 bits per heavy atom. The van der Waals surface area contributed by atoms with Gasteiger partial charge in [0.05, 0.1) is 4.75 Å². The Morgan fingerprint density at radius 1 is 1.12 bits per heavy atom. The van der Waals surface area contributed by atoms with Crippen molar-refractivity contribution in [1.29, 1.82) is 0 Å². The highest BCUT2D eigenvalue weighted by Crippen LogP contribution is 2.32. The SMILES string of the molecule is Cc1oc(=O)oc1COC(=O)SC(C)(C)[C@@H](NC(=O)c1ccccc1)C(=O)OC1CCCCC1. The molecular weight excluding hydrogens is 462 g/mol. The van der Waals surface area contributed by atoms with Gasteiger partial charge < -0.3 is 23.6 Å². The smallest absolute Gasteiger partial charge is 0.461 e. The highest BCUT2D eigenvalue weighted by atomic mass is 32.2. The highest BCUT2D eigenvalue weighted by molar-refractivity contribution is 8.14. The second-order valence-corrected chi connectivity index (χ2v) is 10.2. The average Bonchev–Trinajstić information content (AvgIpc) is 3.13. The highest BCUT2D eigenvalue weighted by Gasteiger charge is 2.42. The monoisotopic (exact) mass is 491 g/mol. The van der Waals surface area contributed by atoms with E-state index in [9.17, 15) is 19.2 Å². The van der Waals surface area contributed by atoms with Crippen LogP contribution in [0.5, 0.6) is 0 Å². The normalized spacial score (nSPS) is 15.4. The maximum absolute atomic E-state index is 13.2. The second-order valence-electron chi connectivity index (χ2n) is 8.65. The molecule has 0 aliphatic heterocycles. The number of amides is 1. The molecule has 0 saturated heterocycles. The molecule has 0 unspecified atom stereocenters. The zero-order valence-corrected chi connectivity index (χ0v) is 20.3. The van der Waals surface area contributed by atoms with E-state index in [-0.39, 0.29) is 24.2 Å². The van der Waals surface area contributed by atoms with E-state index in [0.29, 0.717) is 5.56 Å². The first-order valence-corrected chi connectivity index (χ1v) is 12.0. The Hall–Kier alpha value is -3.01. The number of rotatable bonds is 8. The largest absolute Gasteiger partial charge is 0.519 e. The molecule has 1 atom stereocenters. The molecule has 9 nitrogen and oxygen atoms in total. The van der Waals surface area contributed by atoms with Gasteiger partial charge >= 0.3 is 17.1 Å². The lowest BCUT2D eigenvalue weighted by molar-refractivity contribution is -0.153. The van der Waals surface area contributed by atoms with Gasteiger partial charge in [0.2, 0.25) is 0 Å². The topological polar surface area (TPSA) is 125 Å². The fraction of sp³-hybridized carbons (Fsp3) is 0.500. The van der Waals surface area contributed by atoms with Crippen molar-refractivity contribution in [1.82, 2.24) is 5.32 Å². The van der Waals surface area contributed by atoms with Gasteiger partial charge in [-0.15, -0.1) is 0 Å². The van der Waals surface area contributed by atoms with Crippen LogP contribution in [-0.2, 0) is 20.9 Å². The molecule has 2 aromatic rings. The van der Waals surface area contributed by atoms with Crippen molar-refractivity contribution in [2.24, 2.45) is 0 Å². The fourth-order valence-corrected chi connectivity index (χ4v) is 4.49. The number of benzene rings is 1. The van der Waals surface area contributed by atoms with Gasteiger partial charge in [0.15, 0.2) is 18.1 Å². The number of aryl methyl sites for hydroxylation is 1. The van der Waals surface area contributed by atoms with Crippen LogP contribution in [0, 0.1) is 6.92 Å². The average molecular weight is 492 g/mol. The van der Waals surface area contributed by atoms with Crippen LogP contribution >= 0.6 is 11.8 Å². The number of carbonyl (C=O) groups excluding carboxylic acids is 3. The zero-order valence-electron chi connectivity index (χ0n) is 19.5. The molecule has 1 aromatic carbocycles. The van der Waals surface area contributed by atoms with E-state index in [0.717, 1.165) is 43.9 Å². The van der Waals surface area contributed by atoms with Crippen molar-refractivity contribution in [3.63, 3.8) is 0 Å². The van der Waals surface area contributed by atoms with Crippen molar-refractivity contribution < 1.29 is 32.7 Å². The van der Waals surface area contributed by atoms with Gasteiger partial charge in [0, 0.05) is 5.56 Å². The van der Waals surface area contributed by atoms with Crippen LogP contribution in [0.2, 0.25) is 0 Å². The first kappa shape index (κ1) is 25.6. The van der Waals surface area contributed by atoms with Crippen molar-refractivity contribution in [3.05, 3.63) is 58.0 Å². The lowest BCUT2D eigenvalue weighted by Gasteiger charge is -2.33. The van der Waals surface area contributed by atoms with Crippen molar-refractivity contribution >= 4 is 28.9 Å². The first-order chi connectivity index (χ1) is 16.2. The molecule has 1 aliphatic carbocycles. The minimum absolute atomic E-state index is 0.0994. The van der Waals surface area contributed by atoms with Crippen LogP contribution in [-0.4, -0.2) is 34.1 Å². The van der Waals surface area contributed by atoms with Crippen molar-refractivity contribution in [2.75, 3.05) is 0 Å². The summed E-state index contributed by atoms with van der Waals surface area (Å²) < 4.78 is 19.4. The maximum atomic E-state index is 13.2. The zero-order chi connectivity index (χ0) is 24.7. The molecule has 1 aliphatic rings. The molecule has 184 valence electrons. The number of esters is 1. The summed E-state index contributed by atoms with van der Waals surface area (Å²) in [7, 11) is 0. The van der Waals surface area contributed by atoms with Gasteiger partial charge in [-0.1, -0.05) is 24.6 Å². The van der Waals surface area contributed by atoms with Gasteiger partial charge in [-0.2, -0.15) is 0 Å². The Balaban J connectivity index is 1.71. The fourth-order valence-electron chi connectivity index (χ4n) is 3.67. The van der Waals surface area contributed by atoms with Crippen molar-refractivity contribution in [3.8, 4) is 0 Å². The van der Waals surface area contributed by atoms with E-state index in [4.69, 9.17) is 18.3 Å². The number of thioether (sulfide) groups is 1. The van der Waals surface area contributed by atoms with E-state index in [1.165, 1.54) is 6.92 Å². The first-order valence-electron chi connectivity index (χ1n) is 11.2. The Bertz CT molecular complexity index is 1050. The van der Waals surface area contributed by atoms with Crippen LogP contribution in [0.1, 0.15) is 67.8 Å². The number of carbonyl (C=O) groups is 3. The Kier molecular flexibility index (Phi) is 8.60. The molecule has 0 radical (unpaired) electrons. The van der Waals surface area contributed by atoms with Crippen LogP contribution in [0.25, 0.3) is 0 Å². The predicted molar refractivity (Wildman–Crippen MR) is 124 cm³/mol. The van der Waals surface area contributed by atoms with Crippen LogP contribution in [0.3, 0.4) is 0 Å². The maximum Gasteiger partial charge on any atom is 0.519 e. The summed E-state index contributed by atoms with van der Waals surface area (Å²) in [6, 6.07) is 7.37. The summed E-state index contributed by atoms with van der Waals surface area (Å²) in [5.74, 6) is -1.62. The van der Waals surface area contributed by atoms with Crippen LogP contribution in [0.15, 0.2) is 44.0 Å². The van der Waals surface area contributed by atoms with Gasteiger partial charge in [0.1, 0.15) is 12.1 Å². The molecule has 3 rings (SSSR count). The van der Waals surface area contributed by atoms with E-state index in [1.54, 1.807) is 44.2 Å². The predicted octanol–water partition coefficient (Wildman–Crippen LogP) is 4.36. The van der Waals surface area contributed by atoms with Crippen molar-refractivity contribution in [2.45, 2.75) is 76.4 Å². The molecule has 1 heterocycles. The lowest BCUT2D eigenvalue weighted by atomic mass is 9.97. The second kappa shape index (κ2) is 11.4. The molecule has 0 spiro atoms. The molecule has 1 fully saturated rings. The number of nitrogens with one attached hydrogen (secondary N) is 1. The Labute approximate surface area is 201 Å². The van der Waals surface area contributed by atoms with Gasteiger partial charge in [-0.3, -0.25) is 4.79 Å². The van der Waals surface area contributed by atoms with E-state index < -0.39 is 33.8 Å². The molecule has 34 heavy (non-hydrogen) atoms. The molecule has 10 heteroatoms. The van der Waals surface area contributed by atoms with E-state index >= 15 is 0 Å². The third-order valence-corrected chi connectivity index (χ3v) is 6.63. The molecule has 1 aromatic heterocycles. The van der Waals surface area contributed by atoms with E-state index in [2.05, 4.69) is 5.32 Å². The number of hydrogen-bond donors (Lipinski definition) is 1. The molecule has 0 bridgehead atoms.